The summed E-state index contributed by atoms with van der Waals surface area (Å²) in [5.41, 5.74) is 5.93. The van der Waals surface area contributed by atoms with Crippen molar-refractivity contribution in [3.05, 3.63) is 36.4 Å². The summed E-state index contributed by atoms with van der Waals surface area (Å²) in [6.07, 6.45) is 0.661. The fourth-order valence-corrected chi connectivity index (χ4v) is 4.31. The lowest BCUT2D eigenvalue weighted by Gasteiger charge is -2.18. The molecule has 0 saturated heterocycles. The summed E-state index contributed by atoms with van der Waals surface area (Å²) in [6.45, 7) is 0.702. The van der Waals surface area contributed by atoms with Gasteiger partial charge in [-0.05, 0) is 30.5 Å². The topological polar surface area (TPSA) is 92.5 Å². The van der Waals surface area contributed by atoms with Crippen LogP contribution >= 0.6 is 0 Å². The minimum absolute atomic E-state index is 0.222. The number of nitrogens with zero attached hydrogens (tertiary/aromatic N) is 1. The van der Waals surface area contributed by atoms with Gasteiger partial charge in [-0.3, -0.25) is 9.10 Å². The zero-order valence-corrected chi connectivity index (χ0v) is 12.8. The molecule has 6 nitrogen and oxygen atoms in total. The van der Waals surface area contributed by atoms with Crippen LogP contribution in [-0.4, -0.2) is 34.0 Å². The van der Waals surface area contributed by atoms with E-state index < -0.39 is 10.0 Å². The Hall–Kier alpha value is -2.12. The van der Waals surface area contributed by atoms with Gasteiger partial charge in [-0.2, -0.15) is 0 Å². The minimum Gasteiger partial charge on any atom is -0.354 e. The summed E-state index contributed by atoms with van der Waals surface area (Å²) in [5, 5.41) is 4.21. The first-order chi connectivity index (χ1) is 10.6. The quantitative estimate of drug-likeness (QED) is 0.798. The van der Waals surface area contributed by atoms with E-state index in [9.17, 15) is 13.2 Å². The summed E-state index contributed by atoms with van der Waals surface area (Å²) in [7, 11) is -3.68. The van der Waals surface area contributed by atoms with Gasteiger partial charge in [0, 0.05) is 11.9 Å². The predicted molar refractivity (Wildman–Crippen MR) is 85.2 cm³/mol. The van der Waals surface area contributed by atoms with Gasteiger partial charge in [0.1, 0.15) is 6.54 Å². The molecule has 0 aromatic heterocycles. The summed E-state index contributed by atoms with van der Waals surface area (Å²) in [6, 6.07) is 10.5. The highest BCUT2D eigenvalue weighted by Crippen LogP contribution is 2.41. The molecule has 0 bridgehead atoms. The van der Waals surface area contributed by atoms with Crippen molar-refractivity contribution in [1.29, 1.82) is 0 Å². The van der Waals surface area contributed by atoms with Crippen molar-refractivity contribution in [2.24, 2.45) is 5.73 Å². The summed E-state index contributed by atoms with van der Waals surface area (Å²) in [5.74, 6) is -0.332. The lowest BCUT2D eigenvalue weighted by molar-refractivity contribution is -0.119. The van der Waals surface area contributed by atoms with E-state index in [1.807, 2.05) is 12.1 Å². The number of amides is 1. The average Bonchev–Trinajstić information content (AvgIpc) is 2.71. The summed E-state index contributed by atoms with van der Waals surface area (Å²) < 4.78 is 26.5. The molecule has 0 saturated carbocycles. The van der Waals surface area contributed by atoms with E-state index in [2.05, 4.69) is 5.32 Å². The van der Waals surface area contributed by atoms with Gasteiger partial charge in [0.05, 0.1) is 10.6 Å². The minimum atomic E-state index is -3.68. The second-order valence-corrected chi connectivity index (χ2v) is 6.97. The number of carbonyl (C=O) groups is 1. The molecule has 1 aliphatic rings. The van der Waals surface area contributed by atoms with E-state index in [1.54, 1.807) is 24.3 Å². The normalized spacial score (nSPS) is 15.2. The third-order valence-electron chi connectivity index (χ3n) is 3.67. The molecule has 0 atom stereocenters. The first-order valence-electron chi connectivity index (χ1n) is 7.07. The number of nitrogens with one attached hydrogen (secondary N) is 1. The van der Waals surface area contributed by atoms with Crippen LogP contribution in [0, 0.1) is 0 Å². The molecule has 7 heteroatoms. The largest absolute Gasteiger partial charge is 0.354 e. The maximum absolute atomic E-state index is 12.7. The molecule has 0 aliphatic carbocycles. The molecule has 1 aliphatic heterocycles. The average molecular weight is 319 g/mol. The molecule has 3 N–H and O–H groups in total. The Morgan fingerprint density at radius 3 is 2.64 bits per heavy atom. The number of anilines is 1. The Labute approximate surface area is 129 Å². The molecule has 0 spiro atoms. The molecule has 1 heterocycles. The predicted octanol–water partition coefficient (Wildman–Crippen LogP) is 0.814. The third-order valence-corrected chi connectivity index (χ3v) is 5.47. The van der Waals surface area contributed by atoms with E-state index in [-0.39, 0.29) is 17.3 Å². The molecular weight excluding hydrogens is 302 g/mol. The smallest absolute Gasteiger partial charge is 0.265 e. The number of hydrogen-bond donors (Lipinski definition) is 2. The zero-order chi connectivity index (χ0) is 15.7. The van der Waals surface area contributed by atoms with Gasteiger partial charge in [0.15, 0.2) is 0 Å². The molecule has 2 aromatic carbocycles. The highest BCUT2D eigenvalue weighted by atomic mass is 32.2. The van der Waals surface area contributed by atoms with Gasteiger partial charge < -0.3 is 11.1 Å². The van der Waals surface area contributed by atoms with Crippen LogP contribution in [0.4, 0.5) is 5.69 Å². The molecular formula is C15H17N3O3S. The Morgan fingerprint density at radius 1 is 1.18 bits per heavy atom. The van der Waals surface area contributed by atoms with Crippen LogP contribution < -0.4 is 15.4 Å². The Balaban J connectivity index is 1.94. The Morgan fingerprint density at radius 2 is 1.91 bits per heavy atom. The number of hydrogen-bond acceptors (Lipinski definition) is 4. The number of rotatable bonds is 5. The monoisotopic (exact) mass is 319 g/mol. The van der Waals surface area contributed by atoms with Crippen LogP contribution in [0.5, 0.6) is 0 Å². The highest BCUT2D eigenvalue weighted by Gasteiger charge is 2.36. The maximum Gasteiger partial charge on any atom is 0.265 e. The molecule has 0 fully saturated rings. The maximum atomic E-state index is 12.7. The summed E-state index contributed by atoms with van der Waals surface area (Å²) in [4.78, 5) is 12.2. The fourth-order valence-electron chi connectivity index (χ4n) is 2.64. The van der Waals surface area contributed by atoms with Gasteiger partial charge in [-0.25, -0.2) is 8.42 Å². The van der Waals surface area contributed by atoms with E-state index in [1.165, 1.54) is 4.31 Å². The molecule has 2 aromatic rings. The van der Waals surface area contributed by atoms with Gasteiger partial charge in [-0.1, -0.05) is 24.3 Å². The number of nitrogens with two attached hydrogens (primary N) is 1. The zero-order valence-electron chi connectivity index (χ0n) is 12.0. The molecule has 3 rings (SSSR count). The van der Waals surface area contributed by atoms with Crippen molar-refractivity contribution in [1.82, 2.24) is 5.32 Å². The van der Waals surface area contributed by atoms with Crippen LogP contribution in [0.3, 0.4) is 0 Å². The lowest BCUT2D eigenvalue weighted by Crippen LogP contribution is -2.39. The van der Waals surface area contributed by atoms with Crippen LogP contribution in [0.1, 0.15) is 6.42 Å². The van der Waals surface area contributed by atoms with Gasteiger partial charge in [0.2, 0.25) is 5.91 Å². The van der Waals surface area contributed by atoms with Gasteiger partial charge in [-0.15, -0.1) is 0 Å². The van der Waals surface area contributed by atoms with E-state index in [4.69, 9.17) is 5.73 Å². The first-order valence-corrected chi connectivity index (χ1v) is 8.51. The standard InChI is InChI=1S/C15H17N3O3S/c16-8-3-9-17-14(19)10-18-12-6-1-4-11-5-2-7-13(15(11)12)22(18,20)21/h1-2,4-7H,3,8-10,16H2,(H,17,19). The van der Waals surface area contributed by atoms with Crippen molar-refractivity contribution in [2.45, 2.75) is 11.3 Å². The van der Waals surface area contributed by atoms with Crippen LogP contribution in [-0.2, 0) is 14.8 Å². The van der Waals surface area contributed by atoms with E-state index >= 15 is 0 Å². The lowest BCUT2D eigenvalue weighted by atomic mass is 10.1. The van der Waals surface area contributed by atoms with Gasteiger partial charge >= 0.3 is 0 Å². The first kappa shape index (κ1) is 14.8. The van der Waals surface area contributed by atoms with Crippen molar-refractivity contribution in [3.8, 4) is 0 Å². The molecule has 0 radical (unpaired) electrons. The number of sulfonamides is 1. The van der Waals surface area contributed by atoms with Crippen molar-refractivity contribution in [2.75, 3.05) is 23.9 Å². The molecule has 1 amide bonds. The Bertz CT molecular complexity index is 828. The highest BCUT2D eigenvalue weighted by molar-refractivity contribution is 7.93. The number of benzene rings is 2. The van der Waals surface area contributed by atoms with Crippen molar-refractivity contribution < 1.29 is 13.2 Å². The summed E-state index contributed by atoms with van der Waals surface area (Å²) >= 11 is 0. The third kappa shape index (κ3) is 2.32. The van der Waals surface area contributed by atoms with Crippen LogP contribution in [0.15, 0.2) is 41.3 Å². The Kier molecular flexibility index (Phi) is 3.76. The van der Waals surface area contributed by atoms with Crippen molar-refractivity contribution in [3.63, 3.8) is 0 Å². The second-order valence-electron chi connectivity index (χ2n) is 5.14. The SMILES string of the molecule is NCCCNC(=O)CN1c2cccc3cccc(c23)S1(=O)=O. The second kappa shape index (κ2) is 5.58. The van der Waals surface area contributed by atoms with E-state index in [0.29, 0.717) is 30.6 Å². The number of carbonyl (C=O) groups excluding carboxylic acids is 1. The van der Waals surface area contributed by atoms with Crippen molar-refractivity contribution >= 4 is 32.4 Å². The molecule has 116 valence electrons. The van der Waals surface area contributed by atoms with Crippen LogP contribution in [0.25, 0.3) is 10.8 Å². The fraction of sp³-hybridized carbons (Fsp3) is 0.267. The molecule has 22 heavy (non-hydrogen) atoms. The van der Waals surface area contributed by atoms with Crippen LogP contribution in [0.2, 0.25) is 0 Å². The van der Waals surface area contributed by atoms with Gasteiger partial charge in [0.25, 0.3) is 10.0 Å². The molecule has 0 unspecified atom stereocenters. The van der Waals surface area contributed by atoms with E-state index in [0.717, 1.165) is 5.39 Å².